The first-order chi connectivity index (χ1) is 15.3. The molecule has 8 heteroatoms. The first-order valence-electron chi connectivity index (χ1n) is 10.5. The Labute approximate surface area is 186 Å². The Morgan fingerprint density at radius 1 is 1.09 bits per heavy atom. The van der Waals surface area contributed by atoms with Crippen LogP contribution in [0.15, 0.2) is 47.0 Å². The van der Waals surface area contributed by atoms with E-state index in [0.717, 1.165) is 5.56 Å². The minimum atomic E-state index is -0.332. The first-order valence-corrected chi connectivity index (χ1v) is 10.5. The molecule has 7 nitrogen and oxygen atoms in total. The summed E-state index contributed by atoms with van der Waals surface area (Å²) in [5.41, 5.74) is 2.62. The number of aromatic nitrogens is 2. The molecule has 168 valence electrons. The number of aryl methyl sites for hydroxylation is 2. The molecule has 0 aliphatic heterocycles. The number of carbonyl (C=O) groups excluding carboxylic acids is 2. The second-order valence-corrected chi connectivity index (χ2v) is 7.78. The summed E-state index contributed by atoms with van der Waals surface area (Å²) in [6.45, 7) is 4.60. The standard InChI is InChI=1S/C24H27FN4O3/c1-5-29(15-17-7-10-18(11-8-17)24(31)28(3)4)22(30)13-12-21-26-23(27-32-21)19-9-6-16(2)20(25)14-19/h6-11,14H,5,12-13,15H2,1-4H3. The van der Waals surface area contributed by atoms with E-state index in [1.54, 1.807) is 50.2 Å². The van der Waals surface area contributed by atoms with Crippen molar-refractivity contribution in [3.63, 3.8) is 0 Å². The molecular weight excluding hydrogens is 411 g/mol. The van der Waals surface area contributed by atoms with Gasteiger partial charge in [0.2, 0.25) is 17.6 Å². The Kier molecular flexibility index (Phi) is 7.35. The monoisotopic (exact) mass is 438 g/mol. The second-order valence-electron chi connectivity index (χ2n) is 7.78. The van der Waals surface area contributed by atoms with Gasteiger partial charge in [-0.15, -0.1) is 0 Å². The molecule has 1 aromatic heterocycles. The quantitative estimate of drug-likeness (QED) is 0.534. The fraction of sp³-hybridized carbons (Fsp3) is 0.333. The maximum atomic E-state index is 13.8. The Bertz CT molecular complexity index is 1090. The summed E-state index contributed by atoms with van der Waals surface area (Å²) in [7, 11) is 3.41. The molecule has 0 aliphatic rings. The molecule has 0 atom stereocenters. The zero-order valence-corrected chi connectivity index (χ0v) is 18.8. The number of nitrogens with zero attached hydrogens (tertiary/aromatic N) is 4. The third-order valence-electron chi connectivity index (χ3n) is 5.17. The van der Waals surface area contributed by atoms with Crippen LogP contribution in [-0.2, 0) is 17.8 Å². The zero-order chi connectivity index (χ0) is 23.3. The highest BCUT2D eigenvalue weighted by atomic mass is 19.1. The zero-order valence-electron chi connectivity index (χ0n) is 18.8. The Morgan fingerprint density at radius 3 is 2.44 bits per heavy atom. The molecule has 2 amide bonds. The van der Waals surface area contributed by atoms with E-state index in [1.807, 2.05) is 19.1 Å². The van der Waals surface area contributed by atoms with E-state index < -0.39 is 0 Å². The van der Waals surface area contributed by atoms with Gasteiger partial charge in [0.15, 0.2) is 0 Å². The van der Waals surface area contributed by atoms with Crippen molar-refractivity contribution in [1.82, 2.24) is 19.9 Å². The summed E-state index contributed by atoms with van der Waals surface area (Å²) in [5.74, 6) is 0.194. The average Bonchev–Trinajstić information content (AvgIpc) is 3.26. The molecule has 0 saturated carbocycles. The van der Waals surface area contributed by atoms with Crippen molar-refractivity contribution in [2.45, 2.75) is 33.2 Å². The topological polar surface area (TPSA) is 79.5 Å². The van der Waals surface area contributed by atoms with Gasteiger partial charge in [-0.1, -0.05) is 29.4 Å². The van der Waals surface area contributed by atoms with Crippen molar-refractivity contribution in [2.24, 2.45) is 0 Å². The molecule has 0 unspecified atom stereocenters. The Morgan fingerprint density at radius 2 is 1.81 bits per heavy atom. The van der Waals surface area contributed by atoms with Gasteiger partial charge in [0, 0.05) is 51.2 Å². The lowest BCUT2D eigenvalue weighted by atomic mass is 10.1. The minimum Gasteiger partial charge on any atom is -0.345 e. The van der Waals surface area contributed by atoms with Crippen molar-refractivity contribution >= 4 is 11.8 Å². The third-order valence-corrected chi connectivity index (χ3v) is 5.17. The van der Waals surface area contributed by atoms with E-state index >= 15 is 0 Å². The molecule has 0 bridgehead atoms. The number of halogens is 1. The molecule has 3 rings (SSSR count). The van der Waals surface area contributed by atoms with Crippen LogP contribution in [0.3, 0.4) is 0 Å². The second kappa shape index (κ2) is 10.2. The van der Waals surface area contributed by atoms with E-state index in [4.69, 9.17) is 4.52 Å². The Balaban J connectivity index is 1.58. The number of rotatable bonds is 8. The van der Waals surface area contributed by atoms with Crippen molar-refractivity contribution in [3.05, 3.63) is 70.9 Å². The van der Waals surface area contributed by atoms with Crippen molar-refractivity contribution < 1.29 is 18.5 Å². The summed E-state index contributed by atoms with van der Waals surface area (Å²) in [5, 5.41) is 3.89. The van der Waals surface area contributed by atoms with E-state index in [0.29, 0.717) is 47.9 Å². The number of benzene rings is 2. The highest BCUT2D eigenvalue weighted by Crippen LogP contribution is 2.19. The highest BCUT2D eigenvalue weighted by Gasteiger charge is 2.16. The van der Waals surface area contributed by atoms with Crippen LogP contribution in [0.4, 0.5) is 4.39 Å². The summed E-state index contributed by atoms with van der Waals surface area (Å²) in [6, 6.07) is 12.0. The van der Waals surface area contributed by atoms with E-state index in [9.17, 15) is 14.0 Å². The van der Waals surface area contributed by atoms with Crippen molar-refractivity contribution in [1.29, 1.82) is 0 Å². The summed E-state index contributed by atoms with van der Waals surface area (Å²) in [6.07, 6.45) is 0.516. The fourth-order valence-electron chi connectivity index (χ4n) is 3.19. The SMILES string of the molecule is CCN(Cc1ccc(C(=O)N(C)C)cc1)C(=O)CCc1nc(-c2ccc(C)c(F)c2)no1. The number of hydrogen-bond acceptors (Lipinski definition) is 5. The van der Waals surface area contributed by atoms with Gasteiger partial charge in [0.05, 0.1) is 0 Å². The molecule has 0 N–H and O–H groups in total. The lowest BCUT2D eigenvalue weighted by Crippen LogP contribution is -2.30. The molecule has 2 aromatic carbocycles. The summed E-state index contributed by atoms with van der Waals surface area (Å²) < 4.78 is 19.0. The van der Waals surface area contributed by atoms with E-state index in [2.05, 4.69) is 10.1 Å². The average molecular weight is 439 g/mol. The molecule has 3 aromatic rings. The first kappa shape index (κ1) is 23.1. The number of carbonyl (C=O) groups is 2. The smallest absolute Gasteiger partial charge is 0.253 e. The van der Waals surface area contributed by atoms with Crippen LogP contribution in [0.5, 0.6) is 0 Å². The third kappa shape index (κ3) is 5.57. The van der Waals surface area contributed by atoms with Gasteiger partial charge in [-0.05, 0) is 43.2 Å². The molecule has 0 spiro atoms. The van der Waals surface area contributed by atoms with Gasteiger partial charge < -0.3 is 14.3 Å². The van der Waals surface area contributed by atoms with Gasteiger partial charge in [-0.2, -0.15) is 4.98 Å². The minimum absolute atomic E-state index is 0.0397. The van der Waals surface area contributed by atoms with Gasteiger partial charge in [0.25, 0.3) is 5.91 Å². The molecular formula is C24H27FN4O3. The van der Waals surface area contributed by atoms with Crippen LogP contribution in [0.1, 0.15) is 40.7 Å². The van der Waals surface area contributed by atoms with Gasteiger partial charge in [0.1, 0.15) is 5.82 Å². The lowest BCUT2D eigenvalue weighted by Gasteiger charge is -2.21. The summed E-state index contributed by atoms with van der Waals surface area (Å²) in [4.78, 5) is 32.2. The fourth-order valence-corrected chi connectivity index (χ4v) is 3.19. The van der Waals surface area contributed by atoms with Crippen LogP contribution in [0, 0.1) is 12.7 Å². The van der Waals surface area contributed by atoms with E-state index in [1.165, 1.54) is 11.0 Å². The number of amides is 2. The van der Waals surface area contributed by atoms with Crippen LogP contribution < -0.4 is 0 Å². The predicted molar refractivity (Wildman–Crippen MR) is 118 cm³/mol. The highest BCUT2D eigenvalue weighted by molar-refractivity contribution is 5.93. The summed E-state index contributed by atoms with van der Waals surface area (Å²) >= 11 is 0. The van der Waals surface area contributed by atoms with Crippen molar-refractivity contribution in [2.75, 3.05) is 20.6 Å². The molecule has 1 heterocycles. The predicted octanol–water partition coefficient (Wildman–Crippen LogP) is 3.87. The number of hydrogen-bond donors (Lipinski definition) is 0. The van der Waals surface area contributed by atoms with Gasteiger partial charge in [-0.25, -0.2) is 4.39 Å². The van der Waals surface area contributed by atoms with Crippen LogP contribution >= 0.6 is 0 Å². The lowest BCUT2D eigenvalue weighted by molar-refractivity contribution is -0.131. The largest absolute Gasteiger partial charge is 0.345 e. The van der Waals surface area contributed by atoms with Gasteiger partial charge >= 0.3 is 0 Å². The Hall–Kier alpha value is -3.55. The van der Waals surface area contributed by atoms with Crippen molar-refractivity contribution in [3.8, 4) is 11.4 Å². The van der Waals surface area contributed by atoms with Crippen LogP contribution in [0.2, 0.25) is 0 Å². The molecule has 0 fully saturated rings. The van der Waals surface area contributed by atoms with E-state index in [-0.39, 0.29) is 24.1 Å². The molecule has 32 heavy (non-hydrogen) atoms. The molecule has 0 aliphatic carbocycles. The van der Waals surface area contributed by atoms with Crippen LogP contribution in [0.25, 0.3) is 11.4 Å². The molecule has 0 saturated heterocycles. The van der Waals surface area contributed by atoms with Crippen LogP contribution in [-0.4, -0.2) is 52.4 Å². The van der Waals surface area contributed by atoms with Gasteiger partial charge in [-0.3, -0.25) is 9.59 Å². The normalized spacial score (nSPS) is 10.8. The maximum Gasteiger partial charge on any atom is 0.253 e. The molecule has 0 radical (unpaired) electrons. The maximum absolute atomic E-state index is 13.8.